The lowest BCUT2D eigenvalue weighted by molar-refractivity contribution is -0.158. The second-order valence-electron chi connectivity index (χ2n) is 8.84. The van der Waals surface area contributed by atoms with Crippen molar-refractivity contribution in [3.63, 3.8) is 0 Å². The molecule has 2 aromatic rings. The molecule has 0 bridgehead atoms. The zero-order chi connectivity index (χ0) is 22.8. The van der Waals surface area contributed by atoms with Crippen LogP contribution in [0.2, 0.25) is 10.0 Å². The van der Waals surface area contributed by atoms with Crippen LogP contribution in [-0.2, 0) is 4.79 Å². The summed E-state index contributed by atoms with van der Waals surface area (Å²) in [4.78, 5) is 15.9. The molecule has 0 spiro atoms. The van der Waals surface area contributed by atoms with Crippen molar-refractivity contribution in [1.82, 2.24) is 4.90 Å². The first-order chi connectivity index (χ1) is 14.7. The van der Waals surface area contributed by atoms with Crippen molar-refractivity contribution in [2.75, 3.05) is 0 Å². The molecule has 0 radical (unpaired) electrons. The summed E-state index contributed by atoms with van der Waals surface area (Å²) in [5.41, 5.74) is 1.48. The van der Waals surface area contributed by atoms with Crippen LogP contribution in [0, 0.1) is 5.41 Å². The number of likely N-dealkylation sites (tertiary alicyclic amines) is 1. The first kappa shape index (κ1) is 23.8. The van der Waals surface area contributed by atoms with Gasteiger partial charge in [-0.3, -0.25) is 4.79 Å². The molecule has 1 aliphatic rings. The number of allylic oxidation sites excluding steroid dienone is 1. The molecule has 31 heavy (non-hydrogen) atoms. The number of hydrogen-bond acceptors (Lipinski definition) is 2. The fourth-order valence-corrected chi connectivity index (χ4v) is 5.35. The summed E-state index contributed by atoms with van der Waals surface area (Å²) in [5.74, 6) is 0.0636. The molecule has 1 aliphatic heterocycles. The Morgan fingerprint density at radius 1 is 1.19 bits per heavy atom. The Morgan fingerprint density at radius 3 is 2.42 bits per heavy atom. The largest absolute Gasteiger partial charge is 0.391 e. The Kier molecular flexibility index (Phi) is 7.51. The van der Waals surface area contributed by atoms with Gasteiger partial charge in [0.05, 0.1) is 23.6 Å². The van der Waals surface area contributed by atoms with Crippen molar-refractivity contribution in [2.24, 2.45) is 5.41 Å². The van der Waals surface area contributed by atoms with E-state index in [2.05, 4.69) is 12.6 Å². The summed E-state index contributed by atoms with van der Waals surface area (Å²) >= 11 is 12.5. The lowest BCUT2D eigenvalue weighted by Gasteiger charge is -2.52. The average molecular weight is 460 g/mol. The molecular weight excluding hydrogens is 429 g/mol. The molecule has 2 aromatic carbocycles. The highest BCUT2D eigenvalue weighted by Crippen LogP contribution is 2.52. The van der Waals surface area contributed by atoms with Gasteiger partial charge in [-0.05, 0) is 61.6 Å². The van der Waals surface area contributed by atoms with Gasteiger partial charge in [-0.25, -0.2) is 0 Å². The molecular formula is C26H31Cl2NO2. The number of carbonyl (C=O) groups is 1. The van der Waals surface area contributed by atoms with E-state index < -0.39 is 11.5 Å². The van der Waals surface area contributed by atoms with Gasteiger partial charge in [0.1, 0.15) is 0 Å². The predicted molar refractivity (Wildman–Crippen MR) is 129 cm³/mol. The second kappa shape index (κ2) is 9.77. The van der Waals surface area contributed by atoms with Gasteiger partial charge in [-0.2, -0.15) is 0 Å². The number of halogens is 2. The number of benzene rings is 2. The van der Waals surface area contributed by atoms with Crippen molar-refractivity contribution in [1.29, 1.82) is 0 Å². The summed E-state index contributed by atoms with van der Waals surface area (Å²) in [5, 5.41) is 12.0. The van der Waals surface area contributed by atoms with Crippen molar-refractivity contribution < 1.29 is 9.90 Å². The molecule has 0 saturated carbocycles. The maximum atomic E-state index is 14.0. The summed E-state index contributed by atoms with van der Waals surface area (Å²) in [6, 6.07) is 15.0. The van der Waals surface area contributed by atoms with Gasteiger partial charge < -0.3 is 10.0 Å². The topological polar surface area (TPSA) is 40.5 Å². The Bertz CT molecular complexity index is 927. The maximum Gasteiger partial charge on any atom is 0.229 e. The summed E-state index contributed by atoms with van der Waals surface area (Å²) in [7, 11) is 0. The molecule has 166 valence electrons. The first-order valence-electron chi connectivity index (χ1n) is 10.8. The fourth-order valence-electron chi connectivity index (χ4n) is 5.02. The highest BCUT2D eigenvalue weighted by Gasteiger charge is 2.51. The number of nitrogens with zero attached hydrogens (tertiary/aromatic N) is 1. The van der Waals surface area contributed by atoms with Crippen LogP contribution in [0.15, 0.2) is 61.2 Å². The van der Waals surface area contributed by atoms with Crippen LogP contribution in [0.1, 0.15) is 63.1 Å². The van der Waals surface area contributed by atoms with Gasteiger partial charge in [-0.1, -0.05) is 67.4 Å². The molecule has 0 aliphatic carbocycles. The van der Waals surface area contributed by atoms with Crippen molar-refractivity contribution in [3.05, 3.63) is 82.4 Å². The normalized spacial score (nSPS) is 25.9. The van der Waals surface area contributed by atoms with Crippen molar-refractivity contribution >= 4 is 29.1 Å². The van der Waals surface area contributed by atoms with E-state index in [0.29, 0.717) is 29.3 Å². The number of carbonyl (C=O) groups excluding carboxylic acids is 1. The molecule has 1 N–H and O–H groups in total. The van der Waals surface area contributed by atoms with E-state index in [0.717, 1.165) is 11.1 Å². The Balaban J connectivity index is 2.24. The smallest absolute Gasteiger partial charge is 0.229 e. The van der Waals surface area contributed by atoms with E-state index >= 15 is 0 Å². The standard InChI is InChI=1S/C26H31Cl2NO2/c1-5-14-26(4)16-22(19-8-7-9-21(28)15-19)24(18-10-12-20(27)13-11-18)29(25(26)31)23(6-2)17(3)30/h5,7-13,15,17,22-24,30H,1,6,14,16H2,2-4H3/t17?,22?,23?,24?,26-/m0/s1. The molecule has 1 fully saturated rings. The molecule has 4 unspecified atom stereocenters. The lowest BCUT2D eigenvalue weighted by atomic mass is 9.67. The molecule has 3 rings (SSSR count). The molecule has 1 amide bonds. The quantitative estimate of drug-likeness (QED) is 0.462. The van der Waals surface area contributed by atoms with Crippen LogP contribution in [0.25, 0.3) is 0 Å². The van der Waals surface area contributed by atoms with Gasteiger partial charge in [0.2, 0.25) is 5.91 Å². The lowest BCUT2D eigenvalue weighted by Crippen LogP contribution is -2.57. The van der Waals surface area contributed by atoms with Gasteiger partial charge in [0.25, 0.3) is 0 Å². The zero-order valence-corrected chi connectivity index (χ0v) is 19.9. The van der Waals surface area contributed by atoms with Gasteiger partial charge in [-0.15, -0.1) is 6.58 Å². The van der Waals surface area contributed by atoms with E-state index in [1.807, 2.05) is 67.3 Å². The third kappa shape index (κ3) is 4.84. The highest BCUT2D eigenvalue weighted by atomic mass is 35.5. The Morgan fingerprint density at radius 2 is 1.87 bits per heavy atom. The van der Waals surface area contributed by atoms with Crippen LogP contribution < -0.4 is 0 Å². The van der Waals surface area contributed by atoms with E-state index in [4.69, 9.17) is 23.2 Å². The summed E-state index contributed by atoms with van der Waals surface area (Å²) in [6.07, 6.45) is 3.05. The molecule has 3 nitrogen and oxygen atoms in total. The third-order valence-electron chi connectivity index (χ3n) is 6.52. The Hall–Kier alpha value is -1.81. The van der Waals surface area contributed by atoms with Crippen LogP contribution in [0.3, 0.4) is 0 Å². The molecule has 5 atom stereocenters. The van der Waals surface area contributed by atoms with Crippen LogP contribution in [-0.4, -0.2) is 28.1 Å². The summed E-state index contributed by atoms with van der Waals surface area (Å²) < 4.78 is 0. The molecule has 0 aromatic heterocycles. The minimum Gasteiger partial charge on any atom is -0.391 e. The monoisotopic (exact) mass is 459 g/mol. The van der Waals surface area contributed by atoms with Gasteiger partial charge in [0, 0.05) is 16.0 Å². The number of rotatable bonds is 7. The van der Waals surface area contributed by atoms with E-state index in [-0.39, 0.29) is 23.9 Å². The Labute approximate surface area is 195 Å². The predicted octanol–water partition coefficient (Wildman–Crippen LogP) is 6.79. The van der Waals surface area contributed by atoms with Gasteiger partial charge >= 0.3 is 0 Å². The molecule has 1 saturated heterocycles. The van der Waals surface area contributed by atoms with Crippen LogP contribution in [0.4, 0.5) is 0 Å². The van der Waals surface area contributed by atoms with E-state index in [1.165, 1.54) is 0 Å². The number of hydrogen-bond donors (Lipinski definition) is 1. The molecule has 5 heteroatoms. The second-order valence-corrected chi connectivity index (χ2v) is 9.72. The fraction of sp³-hybridized carbons (Fsp3) is 0.423. The maximum absolute atomic E-state index is 14.0. The van der Waals surface area contributed by atoms with Crippen molar-refractivity contribution in [2.45, 2.75) is 64.1 Å². The minimum atomic E-state index is -0.658. The first-order valence-corrected chi connectivity index (χ1v) is 11.6. The number of amides is 1. The minimum absolute atomic E-state index is 0.00956. The van der Waals surface area contributed by atoms with E-state index in [9.17, 15) is 9.90 Å². The van der Waals surface area contributed by atoms with Crippen LogP contribution in [0.5, 0.6) is 0 Å². The summed E-state index contributed by atoms with van der Waals surface area (Å²) in [6.45, 7) is 9.68. The number of aliphatic hydroxyl groups is 1. The number of piperidine rings is 1. The molecule has 1 heterocycles. The SMILES string of the molecule is C=CC[C@@]1(C)CC(c2cccc(Cl)c2)C(c2ccc(Cl)cc2)N(C(CC)C(C)O)C1=O. The number of aliphatic hydroxyl groups excluding tert-OH is 1. The highest BCUT2D eigenvalue weighted by molar-refractivity contribution is 6.30. The van der Waals surface area contributed by atoms with Crippen molar-refractivity contribution in [3.8, 4) is 0 Å². The zero-order valence-electron chi connectivity index (χ0n) is 18.4. The van der Waals surface area contributed by atoms with Crippen LogP contribution >= 0.6 is 23.2 Å². The van der Waals surface area contributed by atoms with Gasteiger partial charge in [0.15, 0.2) is 0 Å². The van der Waals surface area contributed by atoms with E-state index in [1.54, 1.807) is 6.92 Å². The third-order valence-corrected chi connectivity index (χ3v) is 7.00. The average Bonchev–Trinajstić information content (AvgIpc) is 2.72.